The molecule has 0 aromatic carbocycles. The van der Waals surface area contributed by atoms with E-state index in [1.165, 1.54) is 24.9 Å². The van der Waals surface area contributed by atoms with Gasteiger partial charge in [-0.2, -0.15) is 0 Å². The molecule has 1 amide bonds. The van der Waals surface area contributed by atoms with Gasteiger partial charge in [-0.05, 0) is 6.07 Å². The van der Waals surface area contributed by atoms with Gasteiger partial charge in [0.1, 0.15) is 12.0 Å². The molecular formula is C10H9N5O. The van der Waals surface area contributed by atoms with E-state index in [1.54, 1.807) is 12.3 Å². The first kappa shape index (κ1) is 10.2. The molecule has 6 nitrogen and oxygen atoms in total. The Hall–Kier alpha value is -2.37. The van der Waals surface area contributed by atoms with Crippen molar-refractivity contribution in [3.05, 3.63) is 48.6 Å². The Morgan fingerprint density at radius 2 is 2.12 bits per heavy atom. The minimum Gasteiger partial charge on any atom is -0.345 e. The molecule has 6 heteroatoms. The third kappa shape index (κ3) is 2.57. The van der Waals surface area contributed by atoms with Gasteiger partial charge in [-0.1, -0.05) is 0 Å². The van der Waals surface area contributed by atoms with E-state index in [9.17, 15) is 4.79 Å². The highest BCUT2D eigenvalue weighted by molar-refractivity contribution is 5.91. The molecule has 2 heterocycles. The monoisotopic (exact) mass is 215 g/mol. The van der Waals surface area contributed by atoms with Crippen LogP contribution in [0.1, 0.15) is 16.2 Å². The summed E-state index contributed by atoms with van der Waals surface area (Å²) in [5, 5.41) is 2.68. The normalized spacial score (nSPS) is 9.75. The van der Waals surface area contributed by atoms with Gasteiger partial charge >= 0.3 is 0 Å². The molecule has 0 atom stereocenters. The van der Waals surface area contributed by atoms with Crippen molar-refractivity contribution in [2.45, 2.75) is 6.54 Å². The zero-order valence-electron chi connectivity index (χ0n) is 8.37. The highest BCUT2D eigenvalue weighted by atomic mass is 16.1. The van der Waals surface area contributed by atoms with E-state index >= 15 is 0 Å². The molecule has 0 aliphatic rings. The van der Waals surface area contributed by atoms with Crippen molar-refractivity contribution >= 4 is 5.91 Å². The first-order chi connectivity index (χ1) is 7.86. The van der Waals surface area contributed by atoms with Crippen molar-refractivity contribution in [1.82, 2.24) is 25.3 Å². The lowest BCUT2D eigenvalue weighted by molar-refractivity contribution is 0.0945. The molecule has 2 aromatic rings. The summed E-state index contributed by atoms with van der Waals surface area (Å²) in [5.74, 6) is -0.272. The van der Waals surface area contributed by atoms with E-state index in [4.69, 9.17) is 0 Å². The predicted molar refractivity (Wildman–Crippen MR) is 55.2 cm³/mol. The number of carbonyl (C=O) groups is 1. The molecule has 16 heavy (non-hydrogen) atoms. The van der Waals surface area contributed by atoms with E-state index in [-0.39, 0.29) is 11.6 Å². The summed E-state index contributed by atoms with van der Waals surface area (Å²) >= 11 is 0. The van der Waals surface area contributed by atoms with E-state index in [0.29, 0.717) is 6.54 Å². The second kappa shape index (κ2) is 4.92. The Balaban J connectivity index is 1.95. The van der Waals surface area contributed by atoms with E-state index < -0.39 is 0 Å². The third-order valence-electron chi connectivity index (χ3n) is 1.87. The minimum atomic E-state index is -0.272. The average molecular weight is 215 g/mol. The highest BCUT2D eigenvalue weighted by Crippen LogP contribution is 1.93. The Kier molecular flexibility index (Phi) is 3.12. The maximum Gasteiger partial charge on any atom is 0.271 e. The van der Waals surface area contributed by atoms with Crippen LogP contribution in [0.25, 0.3) is 0 Å². The lowest BCUT2D eigenvalue weighted by Gasteiger charge is -2.02. The van der Waals surface area contributed by atoms with Gasteiger partial charge in [0.15, 0.2) is 0 Å². The van der Waals surface area contributed by atoms with Gasteiger partial charge in [0.25, 0.3) is 5.91 Å². The molecule has 0 spiro atoms. The topological polar surface area (TPSA) is 80.7 Å². The zero-order chi connectivity index (χ0) is 11.2. The Morgan fingerprint density at radius 3 is 2.81 bits per heavy atom. The Bertz CT molecular complexity index is 459. The molecule has 0 saturated carbocycles. The van der Waals surface area contributed by atoms with Crippen LogP contribution >= 0.6 is 0 Å². The molecule has 2 aromatic heterocycles. The van der Waals surface area contributed by atoms with Crippen LogP contribution in [0.3, 0.4) is 0 Å². The van der Waals surface area contributed by atoms with Crippen molar-refractivity contribution in [2.75, 3.05) is 0 Å². The molecule has 0 unspecified atom stereocenters. The van der Waals surface area contributed by atoms with Crippen LogP contribution < -0.4 is 5.32 Å². The van der Waals surface area contributed by atoms with Crippen LogP contribution in [0.15, 0.2) is 37.2 Å². The number of aromatic nitrogens is 4. The number of carbonyl (C=O) groups excluding carboxylic acids is 1. The fourth-order valence-corrected chi connectivity index (χ4v) is 1.10. The number of nitrogens with zero attached hydrogens (tertiary/aromatic N) is 4. The summed E-state index contributed by atoms with van der Waals surface area (Å²) in [6, 6.07) is 1.73. The number of hydrogen-bond acceptors (Lipinski definition) is 5. The maximum atomic E-state index is 11.6. The van der Waals surface area contributed by atoms with Gasteiger partial charge in [-0.15, -0.1) is 0 Å². The van der Waals surface area contributed by atoms with E-state index in [1.807, 2.05) is 0 Å². The van der Waals surface area contributed by atoms with Crippen LogP contribution in [-0.4, -0.2) is 25.8 Å². The van der Waals surface area contributed by atoms with Crippen LogP contribution in [0, 0.1) is 0 Å². The van der Waals surface area contributed by atoms with E-state index in [0.717, 1.165) is 5.69 Å². The zero-order valence-corrected chi connectivity index (χ0v) is 8.37. The first-order valence-electron chi connectivity index (χ1n) is 4.65. The summed E-state index contributed by atoms with van der Waals surface area (Å²) in [4.78, 5) is 27.0. The van der Waals surface area contributed by atoms with Gasteiger partial charge in [-0.25, -0.2) is 15.0 Å². The second-order valence-electron chi connectivity index (χ2n) is 2.97. The van der Waals surface area contributed by atoms with Gasteiger partial charge in [-0.3, -0.25) is 9.78 Å². The summed E-state index contributed by atoms with van der Waals surface area (Å²) in [5.41, 5.74) is 1.03. The smallest absolute Gasteiger partial charge is 0.271 e. The van der Waals surface area contributed by atoms with Crippen LogP contribution in [0.4, 0.5) is 0 Å². The van der Waals surface area contributed by atoms with Gasteiger partial charge in [0.2, 0.25) is 0 Å². The third-order valence-corrected chi connectivity index (χ3v) is 1.87. The lowest BCUT2D eigenvalue weighted by atomic mass is 10.3. The summed E-state index contributed by atoms with van der Waals surface area (Å²) in [6.45, 7) is 0.345. The largest absolute Gasteiger partial charge is 0.345 e. The standard InChI is InChI=1S/C10H9N5O/c16-10(9-6-11-3-4-13-9)14-5-8-1-2-12-7-15-8/h1-4,6-7H,5H2,(H,14,16). The molecular weight excluding hydrogens is 206 g/mol. The highest BCUT2D eigenvalue weighted by Gasteiger charge is 2.05. The summed E-state index contributed by atoms with van der Waals surface area (Å²) in [7, 11) is 0. The van der Waals surface area contributed by atoms with Crippen molar-refractivity contribution in [1.29, 1.82) is 0 Å². The fraction of sp³-hybridized carbons (Fsp3) is 0.100. The fourth-order valence-electron chi connectivity index (χ4n) is 1.10. The van der Waals surface area contributed by atoms with Crippen molar-refractivity contribution in [3.8, 4) is 0 Å². The predicted octanol–water partition coefficient (Wildman–Crippen LogP) is 0.197. The number of hydrogen-bond donors (Lipinski definition) is 1. The van der Waals surface area contributed by atoms with Crippen molar-refractivity contribution in [3.63, 3.8) is 0 Å². The lowest BCUT2D eigenvalue weighted by Crippen LogP contribution is -2.24. The first-order valence-corrected chi connectivity index (χ1v) is 4.65. The molecule has 0 aliphatic carbocycles. The van der Waals surface area contributed by atoms with E-state index in [2.05, 4.69) is 25.3 Å². The molecule has 2 rings (SSSR count). The van der Waals surface area contributed by atoms with Gasteiger partial charge in [0, 0.05) is 18.6 Å². The summed E-state index contributed by atoms with van der Waals surface area (Å²) < 4.78 is 0. The molecule has 0 saturated heterocycles. The number of nitrogens with one attached hydrogen (secondary N) is 1. The number of rotatable bonds is 3. The number of amides is 1. The minimum absolute atomic E-state index is 0.272. The Labute approximate surface area is 91.8 Å². The SMILES string of the molecule is O=C(NCc1ccncn1)c1cnccn1. The molecule has 0 radical (unpaired) electrons. The molecule has 80 valence electrons. The molecule has 0 bridgehead atoms. The van der Waals surface area contributed by atoms with Crippen molar-refractivity contribution in [2.24, 2.45) is 0 Å². The maximum absolute atomic E-state index is 11.6. The molecule has 1 N–H and O–H groups in total. The quantitative estimate of drug-likeness (QED) is 0.790. The van der Waals surface area contributed by atoms with Crippen LogP contribution in [0.2, 0.25) is 0 Å². The summed E-state index contributed by atoms with van der Waals surface area (Å²) in [6.07, 6.45) is 7.46. The van der Waals surface area contributed by atoms with Crippen molar-refractivity contribution < 1.29 is 4.79 Å². The van der Waals surface area contributed by atoms with Crippen LogP contribution in [-0.2, 0) is 6.54 Å². The molecule has 0 fully saturated rings. The average Bonchev–Trinajstić information content (AvgIpc) is 2.38. The van der Waals surface area contributed by atoms with Crippen LogP contribution in [0.5, 0.6) is 0 Å². The Morgan fingerprint density at radius 1 is 1.19 bits per heavy atom. The molecule has 0 aliphatic heterocycles. The van der Waals surface area contributed by atoms with Gasteiger partial charge < -0.3 is 5.32 Å². The second-order valence-corrected chi connectivity index (χ2v) is 2.97. The van der Waals surface area contributed by atoms with Gasteiger partial charge in [0.05, 0.1) is 18.4 Å².